The van der Waals surface area contributed by atoms with Crippen molar-refractivity contribution in [2.75, 3.05) is 5.32 Å². The van der Waals surface area contributed by atoms with Gasteiger partial charge in [0, 0.05) is 30.1 Å². The topological polar surface area (TPSA) is 29.9 Å². The second-order valence-electron chi connectivity index (χ2n) is 5.48. The fourth-order valence-corrected chi connectivity index (χ4v) is 1.68. The Morgan fingerprint density at radius 3 is 2.32 bits per heavy atom. The van der Waals surface area contributed by atoms with E-state index in [9.17, 15) is 8.78 Å². The van der Waals surface area contributed by atoms with Crippen LogP contribution in [-0.2, 0) is 12.1 Å². The molecular formula is C14H17F2N3. The molecule has 0 aliphatic heterocycles. The van der Waals surface area contributed by atoms with Gasteiger partial charge in [-0.3, -0.25) is 4.68 Å². The molecule has 19 heavy (non-hydrogen) atoms. The highest BCUT2D eigenvalue weighted by atomic mass is 19.1. The highest BCUT2D eigenvalue weighted by molar-refractivity contribution is 5.44. The average Bonchev–Trinajstić information content (AvgIpc) is 2.73. The molecule has 0 spiro atoms. The molecule has 2 aromatic rings. The summed E-state index contributed by atoms with van der Waals surface area (Å²) in [7, 11) is 0. The molecule has 0 aliphatic rings. The van der Waals surface area contributed by atoms with E-state index in [2.05, 4.69) is 31.2 Å². The summed E-state index contributed by atoms with van der Waals surface area (Å²) in [6.45, 7) is 6.64. The maximum atomic E-state index is 13.0. The van der Waals surface area contributed by atoms with Crippen molar-refractivity contribution in [2.45, 2.75) is 32.9 Å². The van der Waals surface area contributed by atoms with Crippen molar-refractivity contribution in [3.63, 3.8) is 0 Å². The van der Waals surface area contributed by atoms with E-state index in [4.69, 9.17) is 0 Å². The molecule has 3 nitrogen and oxygen atoms in total. The molecule has 0 amide bonds. The molecule has 0 atom stereocenters. The molecular weight excluding hydrogens is 248 g/mol. The van der Waals surface area contributed by atoms with E-state index >= 15 is 0 Å². The summed E-state index contributed by atoms with van der Waals surface area (Å²) in [5.74, 6) is -1.18. The van der Waals surface area contributed by atoms with Crippen molar-refractivity contribution in [3.05, 3.63) is 47.8 Å². The lowest BCUT2D eigenvalue weighted by Gasteiger charge is -2.18. The first kappa shape index (κ1) is 13.5. The molecule has 0 aliphatic carbocycles. The lowest BCUT2D eigenvalue weighted by atomic mass is 10.1. The third-order valence-corrected chi connectivity index (χ3v) is 2.68. The first-order valence-electron chi connectivity index (χ1n) is 6.08. The van der Waals surface area contributed by atoms with Crippen molar-refractivity contribution in [1.29, 1.82) is 0 Å². The minimum Gasteiger partial charge on any atom is -0.381 e. The zero-order valence-electron chi connectivity index (χ0n) is 11.2. The molecule has 0 saturated carbocycles. The summed E-state index contributed by atoms with van der Waals surface area (Å²) in [5.41, 5.74) is 1.30. The number of halogens is 2. The first-order valence-corrected chi connectivity index (χ1v) is 6.08. The van der Waals surface area contributed by atoms with Gasteiger partial charge in [-0.15, -0.1) is 0 Å². The fourth-order valence-electron chi connectivity index (χ4n) is 1.68. The van der Waals surface area contributed by atoms with Gasteiger partial charge in [0.25, 0.3) is 0 Å². The van der Waals surface area contributed by atoms with Gasteiger partial charge in [0.1, 0.15) is 11.6 Å². The van der Waals surface area contributed by atoms with Crippen LogP contribution in [-0.4, -0.2) is 9.78 Å². The SMILES string of the molecule is CC(C)(C)n1cc(CNc2cc(F)cc(F)c2)cn1. The summed E-state index contributed by atoms with van der Waals surface area (Å²) in [4.78, 5) is 0. The number of hydrogen-bond donors (Lipinski definition) is 1. The van der Waals surface area contributed by atoms with Gasteiger partial charge >= 0.3 is 0 Å². The second kappa shape index (κ2) is 4.99. The molecule has 1 aromatic carbocycles. The quantitative estimate of drug-likeness (QED) is 0.920. The fraction of sp³-hybridized carbons (Fsp3) is 0.357. The van der Waals surface area contributed by atoms with Crippen LogP contribution in [0, 0.1) is 11.6 Å². The lowest BCUT2D eigenvalue weighted by Crippen LogP contribution is -2.21. The van der Waals surface area contributed by atoms with Gasteiger partial charge in [-0.25, -0.2) is 8.78 Å². The van der Waals surface area contributed by atoms with Crippen LogP contribution in [0.5, 0.6) is 0 Å². The molecule has 0 fully saturated rings. The van der Waals surface area contributed by atoms with Crippen LogP contribution in [0.1, 0.15) is 26.3 Å². The number of aromatic nitrogens is 2. The van der Waals surface area contributed by atoms with E-state index < -0.39 is 11.6 Å². The van der Waals surface area contributed by atoms with Crippen molar-refractivity contribution in [3.8, 4) is 0 Å². The van der Waals surface area contributed by atoms with Crippen LogP contribution >= 0.6 is 0 Å². The standard InChI is InChI=1S/C14H17F2N3/c1-14(2,3)19-9-10(8-18-19)7-17-13-5-11(15)4-12(16)6-13/h4-6,8-9,17H,7H2,1-3H3. The maximum Gasteiger partial charge on any atom is 0.128 e. The molecule has 1 heterocycles. The monoisotopic (exact) mass is 265 g/mol. The normalized spacial score (nSPS) is 11.6. The number of nitrogens with zero attached hydrogens (tertiary/aromatic N) is 2. The molecule has 0 radical (unpaired) electrons. The summed E-state index contributed by atoms with van der Waals surface area (Å²) in [6.07, 6.45) is 3.66. The largest absolute Gasteiger partial charge is 0.381 e. The van der Waals surface area contributed by atoms with Gasteiger partial charge in [0.2, 0.25) is 0 Å². The third kappa shape index (κ3) is 3.53. The predicted octanol–water partition coefficient (Wildman–Crippen LogP) is 3.53. The number of nitrogens with one attached hydrogen (secondary N) is 1. The van der Waals surface area contributed by atoms with Gasteiger partial charge in [0.15, 0.2) is 0 Å². The first-order chi connectivity index (χ1) is 8.84. The third-order valence-electron chi connectivity index (χ3n) is 2.68. The molecule has 0 saturated heterocycles. The molecule has 5 heteroatoms. The second-order valence-corrected chi connectivity index (χ2v) is 5.48. The Labute approximate surface area is 111 Å². The minimum absolute atomic E-state index is 0.0801. The molecule has 0 unspecified atom stereocenters. The Kier molecular flexibility index (Phi) is 3.55. The zero-order chi connectivity index (χ0) is 14.0. The summed E-state index contributed by atoms with van der Waals surface area (Å²) < 4.78 is 27.9. The van der Waals surface area contributed by atoms with Gasteiger partial charge in [0.05, 0.1) is 11.7 Å². The van der Waals surface area contributed by atoms with Crippen molar-refractivity contribution >= 4 is 5.69 Å². The zero-order valence-corrected chi connectivity index (χ0v) is 11.2. The Morgan fingerprint density at radius 1 is 1.16 bits per heavy atom. The summed E-state index contributed by atoms with van der Waals surface area (Å²) in [6, 6.07) is 3.37. The summed E-state index contributed by atoms with van der Waals surface area (Å²) in [5, 5.41) is 7.24. The number of rotatable bonds is 3. The molecule has 1 N–H and O–H groups in total. The Bertz CT molecular complexity index is 550. The van der Waals surface area contributed by atoms with Gasteiger partial charge in [-0.05, 0) is 32.9 Å². The minimum atomic E-state index is -0.590. The summed E-state index contributed by atoms with van der Waals surface area (Å²) >= 11 is 0. The predicted molar refractivity (Wildman–Crippen MR) is 70.9 cm³/mol. The van der Waals surface area contributed by atoms with Gasteiger partial charge in [-0.1, -0.05) is 0 Å². The van der Waals surface area contributed by atoms with Gasteiger partial charge in [-0.2, -0.15) is 5.10 Å². The number of benzene rings is 1. The van der Waals surface area contributed by atoms with E-state index in [1.54, 1.807) is 6.20 Å². The van der Waals surface area contributed by atoms with E-state index in [1.807, 2.05) is 10.9 Å². The average molecular weight is 265 g/mol. The van der Waals surface area contributed by atoms with Gasteiger partial charge < -0.3 is 5.32 Å². The van der Waals surface area contributed by atoms with Crippen molar-refractivity contribution in [1.82, 2.24) is 9.78 Å². The Hall–Kier alpha value is -1.91. The Balaban J connectivity index is 2.04. The van der Waals surface area contributed by atoms with Crippen LogP contribution in [0.4, 0.5) is 14.5 Å². The maximum absolute atomic E-state index is 13.0. The van der Waals surface area contributed by atoms with Crippen LogP contribution in [0.3, 0.4) is 0 Å². The molecule has 0 bridgehead atoms. The molecule has 2 rings (SSSR count). The van der Waals surface area contributed by atoms with Crippen LogP contribution in [0.15, 0.2) is 30.6 Å². The highest BCUT2D eigenvalue weighted by Crippen LogP contribution is 2.16. The van der Waals surface area contributed by atoms with Crippen molar-refractivity contribution < 1.29 is 8.78 Å². The van der Waals surface area contributed by atoms with Crippen molar-refractivity contribution in [2.24, 2.45) is 0 Å². The van der Waals surface area contributed by atoms with E-state index in [-0.39, 0.29) is 5.54 Å². The van der Waals surface area contributed by atoms with E-state index in [0.717, 1.165) is 11.6 Å². The van der Waals surface area contributed by atoms with Crippen LogP contribution in [0.2, 0.25) is 0 Å². The van der Waals surface area contributed by atoms with E-state index in [1.165, 1.54) is 12.1 Å². The number of anilines is 1. The number of hydrogen-bond acceptors (Lipinski definition) is 2. The smallest absolute Gasteiger partial charge is 0.128 e. The molecule has 102 valence electrons. The lowest BCUT2D eigenvalue weighted by molar-refractivity contribution is 0.355. The Morgan fingerprint density at radius 2 is 1.79 bits per heavy atom. The highest BCUT2D eigenvalue weighted by Gasteiger charge is 2.13. The molecule has 1 aromatic heterocycles. The van der Waals surface area contributed by atoms with Crippen LogP contribution in [0.25, 0.3) is 0 Å². The van der Waals surface area contributed by atoms with E-state index in [0.29, 0.717) is 12.2 Å². The van der Waals surface area contributed by atoms with Crippen LogP contribution < -0.4 is 5.32 Å².